The average Bonchev–Trinajstić information content (AvgIpc) is 2.96. The van der Waals surface area contributed by atoms with E-state index in [4.69, 9.17) is 0 Å². The van der Waals surface area contributed by atoms with Gasteiger partial charge in [-0.25, -0.2) is 18.1 Å². The van der Waals surface area contributed by atoms with E-state index in [-0.39, 0.29) is 22.0 Å². The van der Waals surface area contributed by atoms with Crippen LogP contribution >= 0.6 is 0 Å². The number of hydrogen-bond acceptors (Lipinski definition) is 6. The minimum Gasteiger partial charge on any atom is -0.346 e. The molecular weight excluding hydrogens is 454 g/mol. The lowest BCUT2D eigenvalue weighted by Crippen LogP contribution is -2.42. The second-order valence-electron chi connectivity index (χ2n) is 6.65. The van der Waals surface area contributed by atoms with E-state index >= 15 is 0 Å². The summed E-state index contributed by atoms with van der Waals surface area (Å²) in [7, 11) is -3.55. The first kappa shape index (κ1) is 23.0. The maximum atomic E-state index is 12.8. The van der Waals surface area contributed by atoms with Crippen LogP contribution in [0.3, 0.4) is 0 Å². The molecule has 0 aliphatic carbocycles. The molecule has 0 aromatic heterocycles. The summed E-state index contributed by atoms with van der Waals surface area (Å²) in [5, 5.41) is 10.2. The van der Waals surface area contributed by atoms with Gasteiger partial charge >= 0.3 is 12.5 Å². The summed E-state index contributed by atoms with van der Waals surface area (Å²) in [5.41, 5.74) is -0.879. The van der Waals surface area contributed by atoms with E-state index in [2.05, 4.69) is 9.73 Å². The number of ether oxygens (including phenoxy) is 1. The Morgan fingerprint density at radius 1 is 1.00 bits per heavy atom. The first-order chi connectivity index (χ1) is 14.1. The van der Waals surface area contributed by atoms with Crippen LogP contribution in [-0.4, -0.2) is 44.4 Å². The van der Waals surface area contributed by atoms with Crippen LogP contribution in [0.15, 0.2) is 58.4 Å². The van der Waals surface area contributed by atoms with Crippen molar-refractivity contribution < 1.29 is 44.6 Å². The van der Waals surface area contributed by atoms with Crippen molar-refractivity contribution in [2.45, 2.75) is 23.3 Å². The number of aliphatic imine (C=N–C) groups is 1. The van der Waals surface area contributed by atoms with Gasteiger partial charge in [0.1, 0.15) is 12.4 Å². The normalized spacial score (nSPS) is 20.1. The third-order valence-electron chi connectivity index (χ3n) is 4.23. The molecule has 0 spiro atoms. The van der Waals surface area contributed by atoms with E-state index in [0.717, 1.165) is 23.3 Å². The fourth-order valence-electron chi connectivity index (χ4n) is 2.90. The second kappa shape index (κ2) is 7.50. The number of benzene rings is 2. The molecule has 0 saturated carbocycles. The number of anilines is 1. The van der Waals surface area contributed by atoms with Gasteiger partial charge in [0.2, 0.25) is 0 Å². The Morgan fingerprint density at radius 2 is 1.55 bits per heavy atom. The molecule has 0 bridgehead atoms. The Morgan fingerprint density at radius 3 is 2.00 bits per heavy atom. The number of sulfone groups is 1. The molecule has 0 saturated heterocycles. The van der Waals surface area contributed by atoms with Crippen LogP contribution in [0.4, 0.5) is 32.0 Å². The predicted molar refractivity (Wildman–Crippen MR) is 97.0 cm³/mol. The van der Waals surface area contributed by atoms with Crippen molar-refractivity contribution in [3.8, 4) is 0 Å². The fourth-order valence-corrected chi connectivity index (χ4v) is 3.53. The number of halogens is 6. The molecule has 13 heteroatoms. The van der Waals surface area contributed by atoms with Gasteiger partial charge in [0, 0.05) is 17.5 Å². The van der Waals surface area contributed by atoms with Gasteiger partial charge in [-0.15, -0.1) is 13.2 Å². The molecule has 1 aliphatic rings. The molecule has 2 aromatic carbocycles. The molecule has 3 rings (SSSR count). The van der Waals surface area contributed by atoms with Crippen LogP contribution in [-0.2, 0) is 20.8 Å². The SMILES string of the molecule is CS(=O)(=O)c1ccc(N2CC(O)(OC(F)(F)F)N=C2c2ccc(C(F)(F)F)cc2)cc1. The van der Waals surface area contributed by atoms with E-state index in [1.807, 2.05) is 0 Å². The van der Waals surface area contributed by atoms with Gasteiger partial charge in [0.15, 0.2) is 9.84 Å². The van der Waals surface area contributed by atoms with Crippen molar-refractivity contribution in [3.63, 3.8) is 0 Å². The predicted octanol–water partition coefficient (Wildman–Crippen LogP) is 3.56. The standard InChI is InChI=1S/C18H14F6N2O4S/c1-31(28,29)14-8-6-13(7-9-14)26-10-16(27,30-18(22,23)24)25-15(26)11-2-4-12(5-3-11)17(19,20)21/h2-9,27H,10H2,1H3. The Kier molecular flexibility index (Phi) is 5.57. The lowest BCUT2D eigenvalue weighted by atomic mass is 10.1. The third kappa shape index (κ3) is 5.35. The Labute approximate surface area is 172 Å². The topological polar surface area (TPSA) is 79.2 Å². The Bertz CT molecular complexity index is 1100. The van der Waals surface area contributed by atoms with Crippen LogP contribution in [0.5, 0.6) is 0 Å². The Hall–Kier alpha value is -2.64. The molecule has 0 fully saturated rings. The third-order valence-corrected chi connectivity index (χ3v) is 5.35. The highest BCUT2D eigenvalue weighted by Crippen LogP contribution is 2.35. The molecule has 168 valence electrons. The lowest BCUT2D eigenvalue weighted by molar-refractivity contribution is -0.402. The number of nitrogens with zero attached hydrogens (tertiary/aromatic N) is 2. The maximum Gasteiger partial charge on any atom is 0.526 e. The minimum absolute atomic E-state index is 0.0260. The van der Waals surface area contributed by atoms with Crippen LogP contribution in [0.1, 0.15) is 11.1 Å². The van der Waals surface area contributed by atoms with Crippen molar-refractivity contribution in [2.75, 3.05) is 17.7 Å². The van der Waals surface area contributed by atoms with E-state index in [0.29, 0.717) is 12.1 Å². The number of amidine groups is 1. The van der Waals surface area contributed by atoms with Crippen molar-refractivity contribution in [1.29, 1.82) is 0 Å². The number of aliphatic hydroxyl groups is 1. The van der Waals surface area contributed by atoms with Gasteiger partial charge in [-0.2, -0.15) is 13.2 Å². The van der Waals surface area contributed by atoms with Crippen molar-refractivity contribution in [1.82, 2.24) is 0 Å². The molecule has 1 atom stereocenters. The smallest absolute Gasteiger partial charge is 0.346 e. The van der Waals surface area contributed by atoms with Gasteiger partial charge in [-0.05, 0) is 36.4 Å². The summed E-state index contributed by atoms with van der Waals surface area (Å²) in [5.74, 6) is -3.36. The van der Waals surface area contributed by atoms with Crippen LogP contribution in [0.2, 0.25) is 0 Å². The van der Waals surface area contributed by atoms with E-state index in [1.54, 1.807) is 0 Å². The first-order valence-corrected chi connectivity index (χ1v) is 10.3. The zero-order valence-corrected chi connectivity index (χ0v) is 16.4. The highest BCUT2D eigenvalue weighted by molar-refractivity contribution is 7.90. The van der Waals surface area contributed by atoms with Gasteiger partial charge in [-0.1, -0.05) is 12.1 Å². The van der Waals surface area contributed by atoms with Crippen molar-refractivity contribution in [2.24, 2.45) is 4.99 Å². The van der Waals surface area contributed by atoms with Crippen molar-refractivity contribution >= 4 is 21.4 Å². The number of rotatable bonds is 4. The molecule has 1 unspecified atom stereocenters. The summed E-state index contributed by atoms with van der Waals surface area (Å²) >= 11 is 0. The molecule has 2 aromatic rings. The molecule has 31 heavy (non-hydrogen) atoms. The number of β-amino-alcohol motifs (C(OH)–C–C–N with tert-alkyl or cyclic N) is 1. The van der Waals surface area contributed by atoms with Crippen LogP contribution in [0, 0.1) is 0 Å². The van der Waals surface area contributed by atoms with Gasteiger partial charge in [0.25, 0.3) is 5.91 Å². The number of alkyl halides is 6. The molecule has 1 N–H and O–H groups in total. The quantitative estimate of drug-likeness (QED) is 0.549. The molecular formula is C18H14F6N2O4S. The molecule has 0 amide bonds. The highest BCUT2D eigenvalue weighted by atomic mass is 32.2. The summed E-state index contributed by atoms with van der Waals surface area (Å²) in [6.45, 7) is -0.846. The Balaban J connectivity index is 2.04. The van der Waals surface area contributed by atoms with Crippen LogP contribution < -0.4 is 4.90 Å². The largest absolute Gasteiger partial charge is 0.526 e. The molecule has 6 nitrogen and oxygen atoms in total. The van der Waals surface area contributed by atoms with Crippen LogP contribution in [0.25, 0.3) is 0 Å². The zero-order chi connectivity index (χ0) is 23.2. The monoisotopic (exact) mass is 468 g/mol. The van der Waals surface area contributed by atoms with E-state index < -0.39 is 40.4 Å². The fraction of sp³-hybridized carbons (Fsp3) is 0.278. The van der Waals surface area contributed by atoms with Crippen molar-refractivity contribution in [3.05, 3.63) is 59.7 Å². The summed E-state index contributed by atoms with van der Waals surface area (Å²) < 4.78 is 103. The van der Waals surface area contributed by atoms with E-state index in [9.17, 15) is 39.9 Å². The summed E-state index contributed by atoms with van der Waals surface area (Å²) in [4.78, 5) is 4.56. The second-order valence-corrected chi connectivity index (χ2v) is 8.67. The van der Waals surface area contributed by atoms with E-state index in [1.165, 1.54) is 24.3 Å². The van der Waals surface area contributed by atoms with Gasteiger partial charge in [0.05, 0.1) is 10.5 Å². The van der Waals surface area contributed by atoms with Gasteiger partial charge < -0.3 is 10.0 Å². The maximum absolute atomic E-state index is 12.8. The molecule has 0 radical (unpaired) electrons. The van der Waals surface area contributed by atoms with Gasteiger partial charge in [-0.3, -0.25) is 0 Å². The summed E-state index contributed by atoms with van der Waals surface area (Å²) in [6.07, 6.45) is -8.92. The minimum atomic E-state index is -5.25. The molecule has 1 aliphatic heterocycles. The highest BCUT2D eigenvalue weighted by Gasteiger charge is 2.48. The molecule has 1 heterocycles. The first-order valence-electron chi connectivity index (χ1n) is 8.42. The summed E-state index contributed by atoms with van der Waals surface area (Å²) in [6, 6.07) is 8.30. The number of hydrogen-bond donors (Lipinski definition) is 1. The zero-order valence-electron chi connectivity index (χ0n) is 15.6. The lowest BCUT2D eigenvalue weighted by Gasteiger charge is -2.24. The average molecular weight is 468 g/mol.